The first-order valence-electron chi connectivity index (χ1n) is 9.45. The molecule has 0 radical (unpaired) electrons. The van der Waals surface area contributed by atoms with Crippen molar-refractivity contribution in [2.75, 3.05) is 0 Å². The second-order valence-corrected chi connectivity index (χ2v) is 8.41. The van der Waals surface area contributed by atoms with Crippen molar-refractivity contribution in [2.24, 2.45) is 0 Å². The third-order valence-electron chi connectivity index (χ3n) is 4.67. The summed E-state index contributed by atoms with van der Waals surface area (Å²) in [5.41, 5.74) is 12.0. The van der Waals surface area contributed by atoms with E-state index in [9.17, 15) is 8.42 Å². The van der Waals surface area contributed by atoms with Gasteiger partial charge in [-0.1, -0.05) is 103 Å². The molecular formula is C24H27ClN2O2RuS. The number of hydrogen-bond acceptors (Lipinski definition) is 2. The van der Waals surface area contributed by atoms with Crippen molar-refractivity contribution in [3.8, 4) is 0 Å². The summed E-state index contributed by atoms with van der Waals surface area (Å²) >= 11 is 1.82. The summed E-state index contributed by atoms with van der Waals surface area (Å²) in [7, 11) is 0.819. The molecule has 0 amide bonds. The molecule has 1 N–H and O–H groups in total. The standard InChI is InChI=1S/C23H24N2O2S.CH3.ClH.Ru/c1-2-18-13-15-19(16-14-18)17-28(26,27)25-23(21-11-7-4-8-12-21)22(24)20-9-5-3-6-10-20;;;/h3-16,22-24H,2,17H2,1H3;1H3;1H;/q-2;-1;;+4/p-1. The van der Waals surface area contributed by atoms with E-state index in [0.717, 1.165) is 23.1 Å². The van der Waals surface area contributed by atoms with E-state index in [0.29, 0.717) is 5.56 Å². The summed E-state index contributed by atoms with van der Waals surface area (Å²) in [6.45, 7) is 2.06. The molecule has 2 unspecified atom stereocenters. The van der Waals surface area contributed by atoms with Gasteiger partial charge < -0.3 is 17.9 Å². The molecule has 0 aromatic heterocycles. The summed E-state index contributed by atoms with van der Waals surface area (Å²) < 4.78 is 29.8. The van der Waals surface area contributed by atoms with Crippen LogP contribution < -0.4 is 0 Å². The van der Waals surface area contributed by atoms with E-state index in [1.54, 1.807) is 0 Å². The number of halogens is 1. The van der Waals surface area contributed by atoms with Crippen LogP contribution >= 0.6 is 9.69 Å². The summed E-state index contributed by atoms with van der Waals surface area (Å²) in [6, 6.07) is 24.4. The number of hydrogen-bond donors (Lipinski definition) is 0. The average molecular weight is 544 g/mol. The predicted octanol–water partition coefficient (Wildman–Crippen LogP) is 7.12. The van der Waals surface area contributed by atoms with Crippen LogP contribution in [0.2, 0.25) is 0 Å². The summed E-state index contributed by atoms with van der Waals surface area (Å²) in [4.78, 5) is 0. The fourth-order valence-electron chi connectivity index (χ4n) is 3.10. The van der Waals surface area contributed by atoms with E-state index in [1.807, 2.05) is 102 Å². The number of nitrogens with one attached hydrogen (secondary N) is 1. The SMILES string of the molecule is CCc1ccc(CS(=O)(=O)[N-]C(c2ccccc2)C([NH-])c2ccccc2)cc1.[CH3-].[Cl][Ru+3]. The minimum atomic E-state index is -3.75. The normalized spacial score (nSPS) is 12.6. The molecule has 7 heteroatoms. The van der Waals surface area contributed by atoms with Crippen molar-refractivity contribution in [1.29, 1.82) is 0 Å². The zero-order chi connectivity index (χ0) is 22.0. The topological polar surface area (TPSA) is 72.0 Å². The molecule has 166 valence electrons. The van der Waals surface area contributed by atoms with Gasteiger partial charge in [0.05, 0.1) is 15.8 Å². The van der Waals surface area contributed by atoms with E-state index < -0.39 is 22.1 Å². The van der Waals surface area contributed by atoms with E-state index in [2.05, 4.69) is 21.3 Å². The molecule has 3 aromatic carbocycles. The molecule has 0 aliphatic rings. The number of benzene rings is 3. The average Bonchev–Trinajstić information content (AvgIpc) is 2.80. The number of sulfonamides is 1. The maximum atomic E-state index is 12.8. The van der Waals surface area contributed by atoms with Gasteiger partial charge >= 0.3 is 27.0 Å². The molecule has 0 aliphatic heterocycles. The predicted molar refractivity (Wildman–Crippen MR) is 127 cm³/mol. The number of nitrogens with zero attached hydrogens (tertiary/aromatic N) is 1. The Bertz CT molecular complexity index is 985. The van der Waals surface area contributed by atoms with Gasteiger partial charge in [-0.05, 0) is 17.5 Å². The molecule has 0 saturated carbocycles. The van der Waals surface area contributed by atoms with Crippen LogP contribution in [-0.2, 0) is 39.5 Å². The fraction of sp³-hybridized carbons (Fsp3) is 0.208. The van der Waals surface area contributed by atoms with Crippen molar-refractivity contribution in [3.05, 3.63) is 125 Å². The zero-order valence-electron chi connectivity index (χ0n) is 17.6. The Kier molecular flexibility index (Phi) is 12.2. The zero-order valence-corrected chi connectivity index (χ0v) is 20.9. The third-order valence-corrected chi connectivity index (χ3v) is 5.92. The molecular weight excluding hydrogens is 517 g/mol. The fourth-order valence-corrected chi connectivity index (χ4v) is 4.38. The van der Waals surface area contributed by atoms with Gasteiger partial charge in [-0.3, -0.25) is 0 Å². The summed E-state index contributed by atoms with van der Waals surface area (Å²) in [6.07, 6.45) is 0.908. The van der Waals surface area contributed by atoms with Crippen molar-refractivity contribution in [3.63, 3.8) is 0 Å². The molecule has 0 bridgehead atoms. The first kappa shape index (κ1) is 27.5. The first-order valence-corrected chi connectivity index (χ1v) is 13.3. The van der Waals surface area contributed by atoms with Crippen LogP contribution in [0.1, 0.15) is 41.3 Å². The van der Waals surface area contributed by atoms with Gasteiger partial charge in [-0.25, -0.2) is 8.42 Å². The van der Waals surface area contributed by atoms with Crippen LogP contribution in [0.4, 0.5) is 0 Å². The van der Waals surface area contributed by atoms with Crippen molar-refractivity contribution in [1.82, 2.24) is 0 Å². The Labute approximate surface area is 201 Å². The van der Waals surface area contributed by atoms with Gasteiger partial charge in [0.15, 0.2) is 0 Å². The maximum absolute atomic E-state index is 12.8. The Morgan fingerprint density at radius 1 is 0.839 bits per heavy atom. The van der Waals surface area contributed by atoms with Crippen LogP contribution in [0.5, 0.6) is 0 Å². The minimum absolute atomic E-state index is 0. The van der Waals surface area contributed by atoms with Gasteiger partial charge in [0.25, 0.3) is 0 Å². The van der Waals surface area contributed by atoms with E-state index in [-0.39, 0.29) is 13.2 Å². The Hall–Kier alpha value is -1.56. The molecule has 0 heterocycles. The van der Waals surface area contributed by atoms with E-state index >= 15 is 0 Å². The molecule has 2 atom stereocenters. The van der Waals surface area contributed by atoms with Gasteiger partial charge in [0, 0.05) is 0 Å². The second kappa shape index (κ2) is 13.8. The van der Waals surface area contributed by atoms with Gasteiger partial charge in [-0.15, -0.1) is 12.1 Å². The Balaban J connectivity index is 0.00000156. The number of aryl methyl sites for hydroxylation is 1. The van der Waals surface area contributed by atoms with Crippen LogP contribution in [-0.4, -0.2) is 8.42 Å². The third kappa shape index (κ3) is 8.48. The molecule has 4 nitrogen and oxygen atoms in total. The Morgan fingerprint density at radius 2 is 1.29 bits per heavy atom. The quantitative estimate of drug-likeness (QED) is 0.224. The summed E-state index contributed by atoms with van der Waals surface area (Å²) in [5.74, 6) is -0.165. The van der Waals surface area contributed by atoms with E-state index in [4.69, 9.17) is 5.73 Å². The van der Waals surface area contributed by atoms with Crippen molar-refractivity contribution >= 4 is 19.7 Å². The first-order chi connectivity index (χ1) is 14.5. The van der Waals surface area contributed by atoms with Crippen molar-refractivity contribution in [2.45, 2.75) is 31.2 Å². The van der Waals surface area contributed by atoms with Gasteiger partial charge in [0.1, 0.15) is 0 Å². The number of rotatable bonds is 8. The van der Waals surface area contributed by atoms with E-state index in [1.165, 1.54) is 0 Å². The molecule has 31 heavy (non-hydrogen) atoms. The van der Waals surface area contributed by atoms with Crippen LogP contribution in [0.15, 0.2) is 84.9 Å². The molecule has 3 aromatic rings. The van der Waals surface area contributed by atoms with Crippen LogP contribution in [0.25, 0.3) is 10.5 Å². The van der Waals surface area contributed by atoms with Gasteiger partial charge in [0.2, 0.25) is 0 Å². The molecule has 0 saturated heterocycles. The molecule has 3 rings (SSSR count). The molecule has 0 spiro atoms. The van der Waals surface area contributed by atoms with Crippen LogP contribution in [0.3, 0.4) is 0 Å². The Morgan fingerprint density at radius 3 is 1.77 bits per heavy atom. The van der Waals surface area contributed by atoms with Crippen LogP contribution in [0, 0.1) is 7.43 Å². The monoisotopic (exact) mass is 544 g/mol. The summed E-state index contributed by atoms with van der Waals surface area (Å²) in [5, 5.41) is 0. The van der Waals surface area contributed by atoms with Crippen molar-refractivity contribution < 1.29 is 25.7 Å². The molecule has 0 aliphatic carbocycles. The second-order valence-electron chi connectivity index (χ2n) is 6.75. The molecule has 0 fully saturated rings. The van der Waals surface area contributed by atoms with Gasteiger partial charge in [-0.2, -0.15) is 0 Å².